The molecule has 1 unspecified atom stereocenters. The molecular formula is C8H14F2. The van der Waals surface area contributed by atoms with Gasteiger partial charge in [0, 0.05) is 6.42 Å². The van der Waals surface area contributed by atoms with E-state index in [2.05, 4.69) is 0 Å². The first kappa shape index (κ1) is 9.60. The Hall–Kier alpha value is -0.400. The van der Waals surface area contributed by atoms with Crippen LogP contribution in [0.3, 0.4) is 0 Å². The van der Waals surface area contributed by atoms with E-state index in [9.17, 15) is 8.78 Å². The topological polar surface area (TPSA) is 0 Å². The van der Waals surface area contributed by atoms with E-state index in [0.717, 1.165) is 6.42 Å². The third kappa shape index (κ3) is 5.73. The second-order valence-corrected chi connectivity index (χ2v) is 2.19. The van der Waals surface area contributed by atoms with Crippen molar-refractivity contribution < 1.29 is 8.78 Å². The van der Waals surface area contributed by atoms with Crippen LogP contribution in [0.5, 0.6) is 0 Å². The van der Waals surface area contributed by atoms with Gasteiger partial charge in [0.1, 0.15) is 6.17 Å². The highest BCUT2D eigenvalue weighted by molar-refractivity contribution is 4.82. The van der Waals surface area contributed by atoms with Crippen molar-refractivity contribution in [3.8, 4) is 0 Å². The summed E-state index contributed by atoms with van der Waals surface area (Å²) in [5.74, 6) is 0. The zero-order valence-electron chi connectivity index (χ0n) is 6.32. The van der Waals surface area contributed by atoms with E-state index in [4.69, 9.17) is 0 Å². The Kier molecular flexibility index (Phi) is 6.45. The number of allylic oxidation sites excluding steroid dienone is 2. The predicted molar refractivity (Wildman–Crippen MR) is 39.5 cm³/mol. The molecule has 0 aliphatic carbocycles. The fourth-order valence-corrected chi connectivity index (χ4v) is 0.647. The van der Waals surface area contributed by atoms with Gasteiger partial charge in [0.2, 0.25) is 0 Å². The highest BCUT2D eigenvalue weighted by Gasteiger charge is 2.01. The monoisotopic (exact) mass is 148 g/mol. The second kappa shape index (κ2) is 6.72. The van der Waals surface area contributed by atoms with E-state index in [1.165, 1.54) is 0 Å². The average Bonchev–Trinajstić information content (AvgIpc) is 1.89. The molecule has 0 aliphatic rings. The zero-order valence-corrected chi connectivity index (χ0v) is 6.32. The lowest BCUT2D eigenvalue weighted by Crippen LogP contribution is -1.98. The smallest absolute Gasteiger partial charge is 0.106 e. The van der Waals surface area contributed by atoms with Crippen molar-refractivity contribution in [2.24, 2.45) is 0 Å². The molecule has 10 heavy (non-hydrogen) atoms. The summed E-state index contributed by atoms with van der Waals surface area (Å²) in [6.45, 7) is 1.43. The molecule has 0 aromatic carbocycles. The first-order valence-corrected chi connectivity index (χ1v) is 3.66. The fraction of sp³-hybridized carbons (Fsp3) is 0.750. The lowest BCUT2D eigenvalue weighted by molar-refractivity contribution is 0.285. The third-order valence-electron chi connectivity index (χ3n) is 1.22. The van der Waals surface area contributed by atoms with Gasteiger partial charge in [-0.15, -0.1) is 0 Å². The summed E-state index contributed by atoms with van der Waals surface area (Å²) in [6, 6.07) is 0. The Morgan fingerprint density at radius 1 is 1.40 bits per heavy atom. The van der Waals surface area contributed by atoms with Crippen LogP contribution in [0.15, 0.2) is 12.2 Å². The molecule has 0 fully saturated rings. The highest BCUT2D eigenvalue weighted by atomic mass is 19.1. The van der Waals surface area contributed by atoms with E-state index >= 15 is 0 Å². The van der Waals surface area contributed by atoms with Crippen LogP contribution in [0.4, 0.5) is 8.78 Å². The van der Waals surface area contributed by atoms with Crippen LogP contribution >= 0.6 is 0 Å². The molecule has 60 valence electrons. The van der Waals surface area contributed by atoms with Crippen LogP contribution in [0, 0.1) is 0 Å². The summed E-state index contributed by atoms with van der Waals surface area (Å²) < 4.78 is 23.9. The highest BCUT2D eigenvalue weighted by Crippen LogP contribution is 2.04. The normalized spacial score (nSPS) is 14.3. The van der Waals surface area contributed by atoms with Crippen LogP contribution in [0.2, 0.25) is 0 Å². The van der Waals surface area contributed by atoms with Crippen molar-refractivity contribution in [2.45, 2.75) is 32.4 Å². The summed E-state index contributed by atoms with van der Waals surface area (Å²) >= 11 is 0. The van der Waals surface area contributed by atoms with Gasteiger partial charge < -0.3 is 0 Å². The Balaban J connectivity index is 3.20. The summed E-state index contributed by atoms with van der Waals surface area (Å²) in [4.78, 5) is 0. The number of alkyl halides is 2. The lowest BCUT2D eigenvalue weighted by atomic mass is 10.2. The summed E-state index contributed by atoms with van der Waals surface area (Å²) in [6.07, 6.45) is 3.98. The molecule has 0 spiro atoms. The van der Waals surface area contributed by atoms with Crippen molar-refractivity contribution in [3.63, 3.8) is 0 Å². The third-order valence-corrected chi connectivity index (χ3v) is 1.22. The zero-order chi connectivity index (χ0) is 7.82. The largest absolute Gasteiger partial charge is 0.251 e. The molecule has 0 bridgehead atoms. The standard InChI is InChI=1S/C8H14F2/c1-2-3-4-5-8(10)6-7-9/h3-4,8H,2,5-7H2,1H3. The molecule has 0 rings (SSSR count). The Morgan fingerprint density at radius 2 is 2.10 bits per heavy atom. The quantitative estimate of drug-likeness (QED) is 0.526. The van der Waals surface area contributed by atoms with Crippen molar-refractivity contribution >= 4 is 0 Å². The molecule has 0 radical (unpaired) electrons. The molecule has 0 amide bonds. The van der Waals surface area contributed by atoms with Crippen molar-refractivity contribution in [1.82, 2.24) is 0 Å². The van der Waals surface area contributed by atoms with Gasteiger partial charge in [-0.25, -0.2) is 4.39 Å². The van der Waals surface area contributed by atoms with Gasteiger partial charge in [0.25, 0.3) is 0 Å². The van der Waals surface area contributed by atoms with Gasteiger partial charge in [0.05, 0.1) is 6.67 Å². The molecule has 0 saturated carbocycles. The molecule has 0 nitrogen and oxygen atoms in total. The minimum atomic E-state index is -0.993. The van der Waals surface area contributed by atoms with Gasteiger partial charge in [-0.05, 0) is 12.8 Å². The Bertz CT molecular complexity index is 89.3. The molecule has 0 N–H and O–H groups in total. The minimum absolute atomic E-state index is 0.0358. The van der Waals surface area contributed by atoms with E-state index in [0.29, 0.717) is 6.42 Å². The maximum atomic E-state index is 12.4. The first-order valence-electron chi connectivity index (χ1n) is 3.66. The summed E-state index contributed by atoms with van der Waals surface area (Å²) in [5, 5.41) is 0. The van der Waals surface area contributed by atoms with Gasteiger partial charge in [-0.1, -0.05) is 19.1 Å². The van der Waals surface area contributed by atoms with Crippen LogP contribution in [0.25, 0.3) is 0 Å². The maximum Gasteiger partial charge on any atom is 0.106 e. The average molecular weight is 148 g/mol. The van der Waals surface area contributed by atoms with Crippen LogP contribution in [-0.4, -0.2) is 12.8 Å². The number of halogens is 2. The van der Waals surface area contributed by atoms with E-state index < -0.39 is 12.8 Å². The van der Waals surface area contributed by atoms with Crippen molar-refractivity contribution in [1.29, 1.82) is 0 Å². The minimum Gasteiger partial charge on any atom is -0.251 e. The summed E-state index contributed by atoms with van der Waals surface area (Å²) in [5.41, 5.74) is 0. The number of rotatable bonds is 5. The Morgan fingerprint density at radius 3 is 2.60 bits per heavy atom. The van der Waals surface area contributed by atoms with Gasteiger partial charge in [-0.2, -0.15) is 0 Å². The number of hydrogen-bond acceptors (Lipinski definition) is 0. The molecule has 2 heteroatoms. The fourth-order valence-electron chi connectivity index (χ4n) is 0.647. The predicted octanol–water partition coefficient (Wildman–Crippen LogP) is 3.04. The van der Waals surface area contributed by atoms with Crippen molar-refractivity contribution in [2.75, 3.05) is 6.67 Å². The van der Waals surface area contributed by atoms with Crippen molar-refractivity contribution in [3.05, 3.63) is 12.2 Å². The lowest BCUT2D eigenvalue weighted by Gasteiger charge is -1.99. The van der Waals surface area contributed by atoms with Gasteiger partial charge >= 0.3 is 0 Å². The molecule has 0 saturated heterocycles. The van der Waals surface area contributed by atoms with Gasteiger partial charge in [0.15, 0.2) is 0 Å². The molecule has 0 heterocycles. The number of hydrogen-bond donors (Lipinski definition) is 0. The molecular weight excluding hydrogens is 134 g/mol. The first-order chi connectivity index (χ1) is 4.81. The van der Waals surface area contributed by atoms with E-state index in [1.54, 1.807) is 6.08 Å². The van der Waals surface area contributed by atoms with E-state index in [1.807, 2.05) is 13.0 Å². The second-order valence-electron chi connectivity index (χ2n) is 2.19. The SMILES string of the molecule is CCC=CCC(F)CCF. The molecule has 0 aromatic rings. The van der Waals surface area contributed by atoms with Crippen LogP contribution in [-0.2, 0) is 0 Å². The molecule has 0 aromatic heterocycles. The Labute approximate surface area is 60.9 Å². The van der Waals surface area contributed by atoms with Crippen LogP contribution in [0.1, 0.15) is 26.2 Å². The maximum absolute atomic E-state index is 12.4. The molecule has 1 atom stereocenters. The van der Waals surface area contributed by atoms with E-state index in [-0.39, 0.29) is 6.42 Å². The van der Waals surface area contributed by atoms with Gasteiger partial charge in [-0.3, -0.25) is 4.39 Å². The summed E-state index contributed by atoms with van der Waals surface area (Å²) in [7, 11) is 0. The van der Waals surface area contributed by atoms with Crippen LogP contribution < -0.4 is 0 Å². The molecule has 0 aliphatic heterocycles.